The zero-order valence-electron chi connectivity index (χ0n) is 5.55. The van der Waals surface area contributed by atoms with E-state index in [0.29, 0.717) is 11.6 Å². The predicted molar refractivity (Wildman–Crippen MR) is 36.8 cm³/mol. The highest BCUT2D eigenvalue weighted by atomic mass is 15.3. The van der Waals surface area contributed by atoms with Gasteiger partial charge in [-0.25, -0.2) is 0 Å². The number of rotatable bonds is 0. The van der Waals surface area contributed by atoms with Crippen LogP contribution in [-0.4, -0.2) is 9.78 Å². The van der Waals surface area contributed by atoms with Crippen LogP contribution in [0.1, 0.15) is 5.56 Å². The second-order valence-electron chi connectivity index (χ2n) is 2.02. The first-order chi connectivity index (χ1) is 4.13. The van der Waals surface area contributed by atoms with Crippen molar-refractivity contribution in [1.82, 2.24) is 9.78 Å². The lowest BCUT2D eigenvalue weighted by atomic mass is 10.3. The summed E-state index contributed by atoms with van der Waals surface area (Å²) in [6.45, 7) is 1.84. The van der Waals surface area contributed by atoms with Crippen molar-refractivity contribution in [1.29, 1.82) is 0 Å². The van der Waals surface area contributed by atoms with Crippen LogP contribution in [0.3, 0.4) is 0 Å². The summed E-state index contributed by atoms with van der Waals surface area (Å²) in [5.41, 5.74) is 11.8. The van der Waals surface area contributed by atoms with E-state index in [1.165, 1.54) is 0 Å². The summed E-state index contributed by atoms with van der Waals surface area (Å²) in [4.78, 5) is 0. The molecule has 0 unspecified atom stereocenters. The average molecular weight is 126 g/mol. The third-order valence-electron chi connectivity index (χ3n) is 1.37. The monoisotopic (exact) mass is 126 g/mol. The summed E-state index contributed by atoms with van der Waals surface area (Å²) in [6, 6.07) is 0. The first-order valence-electron chi connectivity index (χ1n) is 2.67. The van der Waals surface area contributed by atoms with Crippen molar-refractivity contribution in [2.24, 2.45) is 7.05 Å². The molecule has 0 saturated heterocycles. The van der Waals surface area contributed by atoms with Crippen molar-refractivity contribution in [3.05, 3.63) is 5.56 Å². The number of nitrogens with zero attached hydrogens (tertiary/aromatic N) is 2. The van der Waals surface area contributed by atoms with Gasteiger partial charge in [0, 0.05) is 12.6 Å². The fourth-order valence-corrected chi connectivity index (χ4v) is 0.664. The zero-order chi connectivity index (χ0) is 7.02. The summed E-state index contributed by atoms with van der Waals surface area (Å²) in [6.07, 6.45) is 0. The summed E-state index contributed by atoms with van der Waals surface area (Å²) in [5, 5.41) is 3.88. The van der Waals surface area contributed by atoms with Gasteiger partial charge >= 0.3 is 0 Å². The molecule has 4 N–H and O–H groups in total. The lowest BCUT2D eigenvalue weighted by molar-refractivity contribution is 0.783. The number of nitrogens with two attached hydrogens (primary N) is 2. The molecule has 50 valence electrons. The molecule has 0 aromatic carbocycles. The fraction of sp³-hybridized carbons (Fsp3) is 0.400. The van der Waals surface area contributed by atoms with Crippen molar-refractivity contribution < 1.29 is 0 Å². The maximum atomic E-state index is 5.52. The molecule has 4 nitrogen and oxygen atoms in total. The molecule has 0 aliphatic carbocycles. The number of hydrogen-bond acceptors (Lipinski definition) is 3. The van der Waals surface area contributed by atoms with Crippen LogP contribution in [0.15, 0.2) is 0 Å². The Morgan fingerprint density at radius 1 is 1.44 bits per heavy atom. The SMILES string of the molecule is Cc1c(N)nn(C)c1N. The van der Waals surface area contributed by atoms with Crippen LogP contribution < -0.4 is 11.5 Å². The van der Waals surface area contributed by atoms with Crippen LogP contribution in [0.4, 0.5) is 11.6 Å². The molecule has 4 heteroatoms. The number of nitrogen functional groups attached to an aromatic ring is 2. The van der Waals surface area contributed by atoms with Gasteiger partial charge in [0.25, 0.3) is 0 Å². The van der Waals surface area contributed by atoms with Crippen molar-refractivity contribution in [3.63, 3.8) is 0 Å². The second kappa shape index (κ2) is 1.65. The van der Waals surface area contributed by atoms with E-state index in [2.05, 4.69) is 5.10 Å². The highest BCUT2D eigenvalue weighted by molar-refractivity contribution is 5.52. The minimum Gasteiger partial charge on any atom is -0.384 e. The fourth-order valence-electron chi connectivity index (χ4n) is 0.664. The predicted octanol–water partition coefficient (Wildman–Crippen LogP) is -0.107. The van der Waals surface area contributed by atoms with Crippen molar-refractivity contribution in [2.45, 2.75) is 6.92 Å². The first kappa shape index (κ1) is 5.94. The maximum Gasteiger partial charge on any atom is 0.150 e. The average Bonchev–Trinajstić information content (AvgIpc) is 1.98. The molecule has 1 heterocycles. The van der Waals surface area contributed by atoms with Crippen LogP contribution in [0, 0.1) is 6.92 Å². The van der Waals surface area contributed by atoms with Crippen molar-refractivity contribution in [3.8, 4) is 0 Å². The summed E-state index contributed by atoms with van der Waals surface area (Å²) < 4.78 is 1.56. The Balaban J connectivity index is 3.29. The van der Waals surface area contributed by atoms with E-state index in [1.54, 1.807) is 11.7 Å². The van der Waals surface area contributed by atoms with E-state index in [1.807, 2.05) is 6.92 Å². The van der Waals surface area contributed by atoms with E-state index < -0.39 is 0 Å². The van der Waals surface area contributed by atoms with E-state index >= 15 is 0 Å². The molecule has 0 aliphatic heterocycles. The van der Waals surface area contributed by atoms with Crippen LogP contribution in [0.25, 0.3) is 0 Å². The highest BCUT2D eigenvalue weighted by Gasteiger charge is 2.03. The second-order valence-corrected chi connectivity index (χ2v) is 2.02. The van der Waals surface area contributed by atoms with Crippen LogP contribution in [0.2, 0.25) is 0 Å². The lowest BCUT2D eigenvalue weighted by Gasteiger charge is -1.90. The smallest absolute Gasteiger partial charge is 0.150 e. The number of anilines is 2. The maximum absolute atomic E-state index is 5.52. The van der Waals surface area contributed by atoms with Gasteiger partial charge in [0.1, 0.15) is 5.82 Å². The molecule has 0 saturated carbocycles. The minimum absolute atomic E-state index is 0.509. The molecule has 0 radical (unpaired) electrons. The van der Waals surface area contributed by atoms with Gasteiger partial charge in [0.05, 0.1) is 0 Å². The van der Waals surface area contributed by atoms with Gasteiger partial charge in [0.2, 0.25) is 0 Å². The molecule has 0 fully saturated rings. The van der Waals surface area contributed by atoms with Crippen LogP contribution in [0.5, 0.6) is 0 Å². The molecule has 0 amide bonds. The van der Waals surface area contributed by atoms with Gasteiger partial charge < -0.3 is 11.5 Å². The molecule has 0 aliphatic rings. The van der Waals surface area contributed by atoms with Crippen molar-refractivity contribution in [2.75, 3.05) is 11.5 Å². The van der Waals surface area contributed by atoms with Gasteiger partial charge in [-0.15, -0.1) is 0 Å². The lowest BCUT2D eigenvalue weighted by Crippen LogP contribution is -1.97. The van der Waals surface area contributed by atoms with E-state index in [4.69, 9.17) is 11.5 Å². The largest absolute Gasteiger partial charge is 0.384 e. The molecule has 1 aromatic heterocycles. The number of hydrogen-bond donors (Lipinski definition) is 2. The molecule has 0 bridgehead atoms. The third-order valence-corrected chi connectivity index (χ3v) is 1.37. The third kappa shape index (κ3) is 0.718. The summed E-state index contributed by atoms with van der Waals surface area (Å²) in [5.74, 6) is 1.14. The molecular weight excluding hydrogens is 116 g/mol. The van der Waals surface area contributed by atoms with Gasteiger partial charge in [0.15, 0.2) is 5.82 Å². The topological polar surface area (TPSA) is 69.9 Å². The Bertz CT molecular complexity index is 203. The Labute approximate surface area is 53.4 Å². The van der Waals surface area contributed by atoms with Gasteiger partial charge in [-0.3, -0.25) is 4.68 Å². The Kier molecular flexibility index (Phi) is 1.09. The molecule has 0 spiro atoms. The number of aromatic nitrogens is 2. The van der Waals surface area contributed by atoms with Gasteiger partial charge in [-0.2, -0.15) is 5.10 Å². The molecule has 0 atom stereocenters. The summed E-state index contributed by atoms with van der Waals surface area (Å²) >= 11 is 0. The van der Waals surface area contributed by atoms with Crippen molar-refractivity contribution >= 4 is 11.6 Å². The molecular formula is C5H10N4. The van der Waals surface area contributed by atoms with E-state index in [9.17, 15) is 0 Å². The first-order valence-corrected chi connectivity index (χ1v) is 2.67. The van der Waals surface area contributed by atoms with E-state index in [0.717, 1.165) is 5.56 Å². The standard InChI is InChI=1S/C5H10N4/c1-3-4(6)8-9(2)5(3)7/h7H2,1-2H3,(H2,6,8). The van der Waals surface area contributed by atoms with Gasteiger partial charge in [-0.1, -0.05) is 0 Å². The molecule has 9 heavy (non-hydrogen) atoms. The Hall–Kier alpha value is -1.19. The minimum atomic E-state index is 0.509. The number of aryl methyl sites for hydroxylation is 1. The highest BCUT2D eigenvalue weighted by Crippen LogP contribution is 2.14. The Morgan fingerprint density at radius 2 is 2.00 bits per heavy atom. The molecule has 1 aromatic rings. The van der Waals surface area contributed by atoms with Gasteiger partial charge in [-0.05, 0) is 6.92 Å². The Morgan fingerprint density at radius 3 is 2.11 bits per heavy atom. The zero-order valence-corrected chi connectivity index (χ0v) is 5.55. The summed E-state index contributed by atoms with van der Waals surface area (Å²) in [7, 11) is 1.76. The normalized spacial score (nSPS) is 10.0. The van der Waals surface area contributed by atoms with Crippen LogP contribution in [-0.2, 0) is 7.05 Å². The van der Waals surface area contributed by atoms with Crippen LogP contribution >= 0.6 is 0 Å². The molecule has 1 rings (SSSR count). The quantitative estimate of drug-likeness (QED) is 0.509. The van der Waals surface area contributed by atoms with E-state index in [-0.39, 0.29) is 0 Å².